The number of hydrogen-bond acceptors (Lipinski definition) is 23. The number of hydrogen-bond donors (Lipinski definition) is 0. The van der Waals surface area contributed by atoms with Gasteiger partial charge in [-0.15, -0.1) is 30.0 Å². The molecule has 0 aliphatic heterocycles. The van der Waals surface area contributed by atoms with Crippen molar-refractivity contribution in [2.24, 2.45) is 0 Å². The van der Waals surface area contributed by atoms with E-state index in [1.807, 2.05) is 0 Å². The van der Waals surface area contributed by atoms with Crippen LogP contribution in [0, 0.1) is 13.8 Å². The minimum absolute atomic E-state index is 0. The number of fused-ring (bicyclic) bond motifs is 6. The molecule has 9 aromatic rings. The maximum atomic E-state index is 14.1. The molecule has 0 fully saturated rings. The van der Waals surface area contributed by atoms with Crippen LogP contribution in [-0.2, 0) is 60.0 Å². The first-order chi connectivity index (χ1) is 32.8. The average molecular weight is 1160 g/mol. The number of rotatable bonds is 14. The van der Waals surface area contributed by atoms with Crippen molar-refractivity contribution in [3.05, 3.63) is 120 Å². The van der Waals surface area contributed by atoms with Crippen LogP contribution >= 0.6 is 12.0 Å². The van der Waals surface area contributed by atoms with Crippen LogP contribution in [0.5, 0.6) is 11.5 Å². The van der Waals surface area contributed by atoms with Gasteiger partial charge in [0.2, 0.25) is 0 Å². The number of aromatic nitrogens is 6. The molecular weight excluding hydrogens is 1140 g/mol. The van der Waals surface area contributed by atoms with E-state index < -0.39 is 114 Å². The van der Waals surface area contributed by atoms with Crippen molar-refractivity contribution in [2.75, 3.05) is 0 Å². The summed E-state index contributed by atoms with van der Waals surface area (Å²) < 4.78 is 184. The van der Waals surface area contributed by atoms with Crippen LogP contribution in [0.1, 0.15) is 11.1 Å². The third-order valence-electron chi connectivity index (χ3n) is 10.3. The average Bonchev–Trinajstić information content (AvgIpc) is 3.93. The molecule has 0 saturated carbocycles. The van der Waals surface area contributed by atoms with Gasteiger partial charge in [0.1, 0.15) is 73.6 Å². The first-order valence-electron chi connectivity index (χ1n) is 19.2. The van der Waals surface area contributed by atoms with Gasteiger partial charge < -0.3 is 27.3 Å². The summed E-state index contributed by atoms with van der Waals surface area (Å²) in [5, 5.41) is 30.8. The number of nitrogens with zero attached hydrogens (tertiary/aromatic N) is 6. The van der Waals surface area contributed by atoms with Gasteiger partial charge in [-0.2, -0.15) is 21.2 Å². The summed E-state index contributed by atoms with van der Waals surface area (Å²) in [6, 6.07) is 20.6. The molecule has 0 aliphatic carbocycles. The first kappa shape index (κ1) is 62.2. The molecule has 0 spiro atoms. The molecule has 34 heteroatoms. The SMILES string of the molecule is Cc1ccc(S(=O)(=O)Oc2cc(-n3nc4c(S(=O)(=O)[O-])cc5cc(S(=O)(=O)[O-])ccc5c4n3)c(OS(=O)(=O)c3ccc(C)cc3)cc2-n2nc3c(S(=O)(=O)[O-])cc4cc(SOO[O-])ccc4c3n2)cc1.[Na+].[Na+].[Na+].[Na+]. The van der Waals surface area contributed by atoms with Crippen molar-refractivity contribution in [1.82, 2.24) is 30.0 Å². The van der Waals surface area contributed by atoms with Crippen molar-refractivity contribution in [3.63, 3.8) is 0 Å². The standard InChI is InChI=1S/C40H28N6O18S6.4Na/c1-21-3-8-26(9-4-21)69(57,58)61-33-20-32(46-42-38-30-14-12-28(66(48,49)50)16-24(30)18-36(40(38)44-46)68(54,55)56)34(62-70(59,60)27-10-5-22(2)6-11-27)19-31(33)45-41-37-29-13-7-25(65-64-63-47)15-23(29)17-35(39(37)43-45)67(51,52)53;;;;/h3-20,47H,1-2H3,(H,48,49,50)(H,51,52,53)(H,54,55,56);;;;/q;4*+1/p-4. The molecule has 7 aromatic carbocycles. The smallest absolute Gasteiger partial charge is 0.744 e. The van der Waals surface area contributed by atoms with Gasteiger partial charge >= 0.3 is 138 Å². The van der Waals surface area contributed by atoms with E-state index in [9.17, 15) is 61.0 Å². The van der Waals surface area contributed by atoms with Crippen LogP contribution in [0.2, 0.25) is 0 Å². The van der Waals surface area contributed by atoms with Crippen molar-refractivity contribution in [2.45, 2.75) is 43.2 Å². The molecule has 0 atom stereocenters. The van der Waals surface area contributed by atoms with E-state index in [0.717, 1.165) is 42.5 Å². The van der Waals surface area contributed by atoms with Crippen LogP contribution in [-0.4, -0.2) is 85.7 Å². The van der Waals surface area contributed by atoms with E-state index in [2.05, 4.69) is 29.8 Å². The maximum absolute atomic E-state index is 14.1. The second kappa shape index (κ2) is 23.3. The number of aryl methyl sites for hydroxylation is 2. The molecule has 9 rings (SSSR count). The molecule has 0 unspecified atom stereocenters. The fourth-order valence-corrected chi connectivity index (χ4v) is 11.1. The zero-order valence-electron chi connectivity index (χ0n) is 38.9. The Morgan fingerprint density at radius 3 is 1.23 bits per heavy atom. The van der Waals surface area contributed by atoms with Gasteiger partial charge in [0.15, 0.2) is 11.5 Å². The van der Waals surface area contributed by atoms with Gasteiger partial charge in [0, 0.05) is 27.8 Å². The molecule has 0 amide bonds. The fraction of sp³-hybridized carbons (Fsp3) is 0.0500. The zero-order valence-corrected chi connectivity index (χ0v) is 51.8. The molecular formula is C40H24N6Na4O18S6. The largest absolute Gasteiger partial charge is 1.00 e. The van der Waals surface area contributed by atoms with Gasteiger partial charge in [0.25, 0.3) is 0 Å². The summed E-state index contributed by atoms with van der Waals surface area (Å²) in [4.78, 5) is -2.31. The summed E-state index contributed by atoms with van der Waals surface area (Å²) in [5.41, 5.74) is -1.93. The Morgan fingerprint density at radius 2 is 0.838 bits per heavy atom. The van der Waals surface area contributed by atoms with Crippen molar-refractivity contribution in [3.8, 4) is 22.9 Å². The molecule has 0 N–H and O–H groups in total. The quantitative estimate of drug-likeness (QED) is 0.0244. The predicted molar refractivity (Wildman–Crippen MR) is 236 cm³/mol. The summed E-state index contributed by atoms with van der Waals surface area (Å²) in [6.07, 6.45) is 0. The first-order valence-corrected chi connectivity index (χ1v) is 27.0. The van der Waals surface area contributed by atoms with E-state index in [1.165, 1.54) is 66.7 Å². The topological polar surface area (TPSA) is 361 Å². The second-order valence-electron chi connectivity index (χ2n) is 15.0. The second-order valence-corrected chi connectivity index (χ2v) is 22.9. The Balaban J connectivity index is 0.00000253. The molecule has 0 bridgehead atoms. The van der Waals surface area contributed by atoms with Crippen molar-refractivity contribution in [1.29, 1.82) is 0 Å². The Bertz CT molecular complexity index is 4270. The van der Waals surface area contributed by atoms with Crippen LogP contribution in [0.25, 0.3) is 55.0 Å². The third-order valence-corrected chi connectivity index (χ3v) is 15.9. The normalized spacial score (nSPS) is 12.2. The molecule has 0 radical (unpaired) electrons. The monoisotopic (exact) mass is 1160 g/mol. The minimum atomic E-state index is -5.51. The number of benzene rings is 7. The van der Waals surface area contributed by atoms with Gasteiger partial charge in [-0.25, -0.2) is 25.3 Å². The van der Waals surface area contributed by atoms with E-state index in [-0.39, 0.29) is 150 Å². The van der Waals surface area contributed by atoms with Crippen molar-refractivity contribution < 1.29 is 197 Å². The molecule has 2 aromatic heterocycles. The van der Waals surface area contributed by atoms with Gasteiger partial charge in [0.05, 0.1) is 26.7 Å². The van der Waals surface area contributed by atoms with E-state index >= 15 is 0 Å². The molecule has 362 valence electrons. The maximum Gasteiger partial charge on any atom is 1.00 e. The van der Waals surface area contributed by atoms with Crippen molar-refractivity contribution >= 4 is 106 Å². The van der Waals surface area contributed by atoms with Gasteiger partial charge in [-0.1, -0.05) is 47.5 Å². The molecule has 24 nitrogen and oxygen atoms in total. The Hall–Kier alpha value is -2.68. The summed E-state index contributed by atoms with van der Waals surface area (Å²) in [7, 11) is -25.9. The molecule has 2 heterocycles. The van der Waals surface area contributed by atoms with Crippen LogP contribution < -0.4 is 132 Å². The Morgan fingerprint density at radius 1 is 0.459 bits per heavy atom. The molecule has 0 saturated heterocycles. The van der Waals surface area contributed by atoms with Crippen LogP contribution in [0.4, 0.5) is 0 Å². The summed E-state index contributed by atoms with van der Waals surface area (Å²) in [6.45, 7) is 3.34. The van der Waals surface area contributed by atoms with Crippen LogP contribution in [0.15, 0.2) is 139 Å². The van der Waals surface area contributed by atoms with Gasteiger partial charge in [-0.3, -0.25) is 5.04 Å². The fourth-order valence-electron chi connectivity index (χ4n) is 7.06. The van der Waals surface area contributed by atoms with E-state index in [0.29, 0.717) is 32.8 Å². The summed E-state index contributed by atoms with van der Waals surface area (Å²) >= 11 is 0.441. The summed E-state index contributed by atoms with van der Waals surface area (Å²) in [5.74, 6) is -1.61. The van der Waals surface area contributed by atoms with E-state index in [1.54, 1.807) is 13.8 Å². The third kappa shape index (κ3) is 12.7. The molecule has 0 aliphatic rings. The van der Waals surface area contributed by atoms with Crippen LogP contribution in [0.3, 0.4) is 0 Å². The molecule has 74 heavy (non-hydrogen) atoms. The minimum Gasteiger partial charge on any atom is -0.744 e. The van der Waals surface area contributed by atoms with E-state index in [4.69, 9.17) is 8.37 Å². The van der Waals surface area contributed by atoms with Gasteiger partial charge in [-0.05, 0) is 85.3 Å². The predicted octanol–water partition coefficient (Wildman–Crippen LogP) is -8.43. The Kier molecular flexibility index (Phi) is 19.6. The zero-order chi connectivity index (χ0) is 50.3. The Labute approximate surface area is 512 Å².